The number of amides is 2. The van der Waals surface area contributed by atoms with Crippen LogP contribution in [-0.4, -0.2) is 58.4 Å². The van der Waals surface area contributed by atoms with Gasteiger partial charge in [-0.15, -0.1) is 0 Å². The molecule has 0 radical (unpaired) electrons. The highest BCUT2D eigenvalue weighted by Gasteiger charge is 2.44. The van der Waals surface area contributed by atoms with Crippen LogP contribution in [0.5, 0.6) is 0 Å². The lowest BCUT2D eigenvalue weighted by Crippen LogP contribution is -2.46. The standard InChI is InChI=1S/C15H24N2O4/c1-9(2)7-16-8-11(6-12(16)18)14(19)17-5-4-10(3)13(17)15(20)21/h9-11,13H,4-8H2,1-3H3,(H,20,21). The summed E-state index contributed by atoms with van der Waals surface area (Å²) >= 11 is 0. The third-order valence-corrected chi connectivity index (χ3v) is 4.39. The van der Waals surface area contributed by atoms with Crippen molar-refractivity contribution in [3.8, 4) is 0 Å². The lowest BCUT2D eigenvalue weighted by molar-refractivity contribution is -0.150. The smallest absolute Gasteiger partial charge is 0.326 e. The molecule has 118 valence electrons. The van der Waals surface area contributed by atoms with Gasteiger partial charge in [0.25, 0.3) is 0 Å². The number of carbonyl (C=O) groups is 3. The quantitative estimate of drug-likeness (QED) is 0.833. The van der Waals surface area contributed by atoms with E-state index in [1.165, 1.54) is 4.90 Å². The summed E-state index contributed by atoms with van der Waals surface area (Å²) in [6.45, 7) is 7.48. The molecule has 0 aromatic carbocycles. The maximum Gasteiger partial charge on any atom is 0.326 e. The van der Waals surface area contributed by atoms with Crippen LogP contribution in [0.25, 0.3) is 0 Å². The van der Waals surface area contributed by atoms with E-state index >= 15 is 0 Å². The predicted octanol–water partition coefficient (Wildman–Crippen LogP) is 0.812. The van der Waals surface area contributed by atoms with Gasteiger partial charge in [-0.1, -0.05) is 20.8 Å². The molecule has 0 aliphatic carbocycles. The largest absolute Gasteiger partial charge is 0.480 e. The lowest BCUT2D eigenvalue weighted by atomic mass is 10.0. The molecule has 1 N–H and O–H groups in total. The van der Waals surface area contributed by atoms with Gasteiger partial charge in [-0.3, -0.25) is 9.59 Å². The Labute approximate surface area is 125 Å². The molecule has 0 aromatic heterocycles. The number of carboxylic acids is 1. The number of nitrogens with zero attached hydrogens (tertiary/aromatic N) is 2. The zero-order chi connectivity index (χ0) is 15.7. The first-order valence-electron chi connectivity index (χ1n) is 7.62. The van der Waals surface area contributed by atoms with Crippen molar-refractivity contribution < 1.29 is 19.5 Å². The minimum absolute atomic E-state index is 0.00108. The van der Waals surface area contributed by atoms with Gasteiger partial charge in [0.15, 0.2) is 0 Å². The molecule has 0 aromatic rings. The van der Waals surface area contributed by atoms with Crippen LogP contribution in [0, 0.1) is 17.8 Å². The van der Waals surface area contributed by atoms with E-state index in [9.17, 15) is 19.5 Å². The third-order valence-electron chi connectivity index (χ3n) is 4.39. The van der Waals surface area contributed by atoms with Gasteiger partial charge in [-0.05, 0) is 18.3 Å². The summed E-state index contributed by atoms with van der Waals surface area (Å²) in [5.74, 6) is -1.18. The Bertz CT molecular complexity index is 449. The molecule has 6 heteroatoms. The van der Waals surface area contributed by atoms with Crippen LogP contribution >= 0.6 is 0 Å². The highest BCUT2D eigenvalue weighted by Crippen LogP contribution is 2.29. The first-order chi connectivity index (χ1) is 9.81. The van der Waals surface area contributed by atoms with Crippen molar-refractivity contribution in [3.63, 3.8) is 0 Å². The predicted molar refractivity (Wildman–Crippen MR) is 76.4 cm³/mol. The van der Waals surface area contributed by atoms with Crippen molar-refractivity contribution in [2.75, 3.05) is 19.6 Å². The molecular weight excluding hydrogens is 272 g/mol. The molecule has 2 heterocycles. The van der Waals surface area contributed by atoms with E-state index in [1.54, 1.807) is 4.90 Å². The number of hydrogen-bond donors (Lipinski definition) is 1. The second-order valence-corrected chi connectivity index (χ2v) is 6.67. The van der Waals surface area contributed by atoms with Crippen molar-refractivity contribution >= 4 is 17.8 Å². The van der Waals surface area contributed by atoms with E-state index in [2.05, 4.69) is 0 Å². The molecule has 2 aliphatic rings. The Kier molecular flexibility index (Phi) is 4.54. The molecule has 6 nitrogen and oxygen atoms in total. The first-order valence-corrected chi connectivity index (χ1v) is 7.62. The van der Waals surface area contributed by atoms with Crippen LogP contribution in [0.15, 0.2) is 0 Å². The van der Waals surface area contributed by atoms with Gasteiger partial charge >= 0.3 is 5.97 Å². The topological polar surface area (TPSA) is 77.9 Å². The van der Waals surface area contributed by atoms with Crippen LogP contribution in [-0.2, 0) is 14.4 Å². The third kappa shape index (κ3) is 3.19. The Balaban J connectivity index is 2.04. The second kappa shape index (κ2) is 6.03. The Morgan fingerprint density at radius 3 is 2.62 bits per heavy atom. The lowest BCUT2D eigenvalue weighted by Gasteiger charge is -2.26. The summed E-state index contributed by atoms with van der Waals surface area (Å²) in [4.78, 5) is 39.1. The van der Waals surface area contributed by atoms with Crippen molar-refractivity contribution in [1.29, 1.82) is 0 Å². The normalized spacial score (nSPS) is 29.5. The fourth-order valence-electron chi connectivity index (χ4n) is 3.36. The molecule has 2 rings (SSSR count). The molecule has 3 unspecified atom stereocenters. The number of aliphatic carboxylic acids is 1. The van der Waals surface area contributed by atoms with Crippen molar-refractivity contribution in [2.24, 2.45) is 17.8 Å². The number of rotatable bonds is 4. The highest BCUT2D eigenvalue weighted by molar-refractivity contribution is 5.91. The minimum Gasteiger partial charge on any atom is -0.480 e. The monoisotopic (exact) mass is 296 g/mol. The van der Waals surface area contributed by atoms with Crippen molar-refractivity contribution in [3.05, 3.63) is 0 Å². The number of carbonyl (C=O) groups excluding carboxylic acids is 2. The van der Waals surface area contributed by atoms with Gasteiger partial charge < -0.3 is 14.9 Å². The maximum absolute atomic E-state index is 12.6. The SMILES string of the molecule is CC(C)CN1CC(C(=O)N2CCC(C)C2C(=O)O)CC1=O. The molecule has 0 bridgehead atoms. The van der Waals surface area contributed by atoms with Crippen molar-refractivity contribution in [2.45, 2.75) is 39.7 Å². The van der Waals surface area contributed by atoms with Gasteiger partial charge in [-0.2, -0.15) is 0 Å². The molecule has 2 saturated heterocycles. The van der Waals surface area contributed by atoms with Crippen LogP contribution in [0.3, 0.4) is 0 Å². The fourth-order valence-corrected chi connectivity index (χ4v) is 3.36. The second-order valence-electron chi connectivity index (χ2n) is 6.67. The molecule has 0 saturated carbocycles. The van der Waals surface area contributed by atoms with E-state index < -0.39 is 12.0 Å². The molecule has 2 aliphatic heterocycles. The molecule has 0 spiro atoms. The first kappa shape index (κ1) is 15.8. The summed E-state index contributed by atoms with van der Waals surface area (Å²) < 4.78 is 0. The van der Waals surface area contributed by atoms with Crippen LogP contribution in [0.4, 0.5) is 0 Å². The highest BCUT2D eigenvalue weighted by atomic mass is 16.4. The Hall–Kier alpha value is -1.59. The summed E-state index contributed by atoms with van der Waals surface area (Å²) in [7, 11) is 0. The van der Waals surface area contributed by atoms with Gasteiger partial charge in [-0.25, -0.2) is 4.79 Å². The number of likely N-dealkylation sites (tertiary alicyclic amines) is 2. The summed E-state index contributed by atoms with van der Waals surface area (Å²) in [6.07, 6.45) is 0.919. The van der Waals surface area contributed by atoms with Gasteiger partial charge in [0.05, 0.1) is 5.92 Å². The fraction of sp³-hybridized carbons (Fsp3) is 0.800. The summed E-state index contributed by atoms with van der Waals surface area (Å²) in [6, 6.07) is -0.744. The van der Waals surface area contributed by atoms with Crippen LogP contribution in [0.1, 0.15) is 33.6 Å². The van der Waals surface area contributed by atoms with Gasteiger partial charge in [0.1, 0.15) is 6.04 Å². The van der Waals surface area contributed by atoms with Crippen LogP contribution in [0.2, 0.25) is 0 Å². The zero-order valence-corrected chi connectivity index (χ0v) is 12.9. The van der Waals surface area contributed by atoms with E-state index in [0.717, 1.165) is 0 Å². The number of carboxylic acid groups (broad SMARTS) is 1. The van der Waals surface area contributed by atoms with Crippen LogP contribution < -0.4 is 0 Å². The van der Waals surface area contributed by atoms with E-state index in [0.29, 0.717) is 32.0 Å². The summed E-state index contributed by atoms with van der Waals surface area (Å²) in [5.41, 5.74) is 0. The number of hydrogen-bond acceptors (Lipinski definition) is 3. The average molecular weight is 296 g/mol. The maximum atomic E-state index is 12.6. The zero-order valence-electron chi connectivity index (χ0n) is 12.9. The summed E-state index contributed by atoms with van der Waals surface area (Å²) in [5, 5.41) is 9.30. The van der Waals surface area contributed by atoms with Crippen molar-refractivity contribution in [1.82, 2.24) is 9.80 Å². The molecule has 21 heavy (non-hydrogen) atoms. The van der Waals surface area contributed by atoms with Gasteiger partial charge in [0, 0.05) is 26.1 Å². The average Bonchev–Trinajstić information content (AvgIpc) is 2.92. The molecule has 2 amide bonds. The Morgan fingerprint density at radius 2 is 2.05 bits per heavy atom. The van der Waals surface area contributed by atoms with E-state index in [-0.39, 0.29) is 30.1 Å². The minimum atomic E-state index is -0.947. The Morgan fingerprint density at radius 1 is 1.38 bits per heavy atom. The van der Waals surface area contributed by atoms with Gasteiger partial charge in [0.2, 0.25) is 11.8 Å². The van der Waals surface area contributed by atoms with E-state index in [1.807, 2.05) is 20.8 Å². The van der Waals surface area contributed by atoms with E-state index in [4.69, 9.17) is 0 Å². The molecular formula is C15H24N2O4. The molecule has 3 atom stereocenters. The molecule has 2 fully saturated rings.